The second-order valence-electron chi connectivity index (χ2n) is 4.72. The third kappa shape index (κ3) is 3.47. The van der Waals surface area contributed by atoms with Crippen LogP contribution in [-0.4, -0.2) is 28.2 Å². The average molecular weight is 349 g/mol. The van der Waals surface area contributed by atoms with Crippen LogP contribution in [-0.2, 0) is 14.8 Å². The molecule has 7 heteroatoms. The molecule has 1 fully saturated rings. The molecule has 1 saturated heterocycles. The molecule has 0 bridgehead atoms. The van der Waals surface area contributed by atoms with E-state index >= 15 is 0 Å². The number of ether oxygens (including phenoxy) is 1. The van der Waals surface area contributed by atoms with E-state index in [-0.39, 0.29) is 10.8 Å². The summed E-state index contributed by atoms with van der Waals surface area (Å²) in [6, 6.07) is 3.19. The second-order valence-corrected chi connectivity index (χ2v) is 7.31. The quantitative estimate of drug-likeness (QED) is 0.810. The van der Waals surface area contributed by atoms with Crippen LogP contribution in [0.25, 0.3) is 0 Å². The summed E-state index contributed by atoms with van der Waals surface area (Å²) in [5.74, 6) is 0.253. The van der Waals surface area contributed by atoms with Crippen molar-refractivity contribution < 1.29 is 13.2 Å². The maximum absolute atomic E-state index is 12.3. The number of nitrogens with two attached hydrogens (primary N) is 1. The predicted octanol–water partition coefficient (Wildman–Crippen LogP) is 1.65. The standard InChI is InChI=1S/C12H17BrN2O3S/c1-8-4-10(13)11(14)5-12(8)19(16,17)15-6-9-2-3-18-7-9/h4-5,9,15H,2-3,6-7,14H2,1H3. The first-order valence-electron chi connectivity index (χ1n) is 6.03. The van der Waals surface area contributed by atoms with Crippen LogP contribution in [0.4, 0.5) is 5.69 Å². The van der Waals surface area contributed by atoms with Gasteiger partial charge in [-0.05, 0) is 52.9 Å². The Hall–Kier alpha value is -0.630. The molecule has 1 unspecified atom stereocenters. The normalized spacial score (nSPS) is 19.8. The Morgan fingerprint density at radius 2 is 2.26 bits per heavy atom. The lowest BCUT2D eigenvalue weighted by Gasteiger charge is -2.13. The first-order chi connectivity index (χ1) is 8.90. The summed E-state index contributed by atoms with van der Waals surface area (Å²) in [4.78, 5) is 0.229. The molecule has 0 radical (unpaired) electrons. The molecule has 1 heterocycles. The molecule has 1 aromatic carbocycles. The van der Waals surface area contributed by atoms with Crippen LogP contribution >= 0.6 is 15.9 Å². The Balaban J connectivity index is 2.16. The minimum Gasteiger partial charge on any atom is -0.398 e. The molecule has 0 aromatic heterocycles. The third-order valence-electron chi connectivity index (χ3n) is 3.17. The summed E-state index contributed by atoms with van der Waals surface area (Å²) in [5.41, 5.74) is 6.82. The zero-order chi connectivity index (χ0) is 14.0. The van der Waals surface area contributed by atoms with Gasteiger partial charge in [-0.25, -0.2) is 13.1 Å². The van der Waals surface area contributed by atoms with Crippen LogP contribution in [0, 0.1) is 12.8 Å². The summed E-state index contributed by atoms with van der Waals surface area (Å²) < 4.78 is 33.1. The van der Waals surface area contributed by atoms with E-state index in [0.29, 0.717) is 35.5 Å². The highest BCUT2D eigenvalue weighted by Gasteiger charge is 2.22. The Morgan fingerprint density at radius 3 is 2.89 bits per heavy atom. The predicted molar refractivity (Wildman–Crippen MR) is 77.4 cm³/mol. The monoisotopic (exact) mass is 348 g/mol. The van der Waals surface area contributed by atoms with E-state index in [9.17, 15) is 8.42 Å². The summed E-state index contributed by atoms with van der Waals surface area (Å²) >= 11 is 3.28. The Labute approximate surface area is 121 Å². The molecule has 1 aromatic rings. The molecule has 0 spiro atoms. The number of sulfonamides is 1. The molecule has 3 N–H and O–H groups in total. The van der Waals surface area contributed by atoms with Crippen LogP contribution in [0.3, 0.4) is 0 Å². The summed E-state index contributed by atoms with van der Waals surface area (Å²) in [5, 5.41) is 0. The fraction of sp³-hybridized carbons (Fsp3) is 0.500. The van der Waals surface area contributed by atoms with Crippen molar-refractivity contribution in [2.45, 2.75) is 18.2 Å². The molecule has 1 aliphatic heterocycles. The maximum atomic E-state index is 12.3. The van der Waals surface area contributed by atoms with Gasteiger partial charge in [0.1, 0.15) is 0 Å². The van der Waals surface area contributed by atoms with Crippen LogP contribution in [0.5, 0.6) is 0 Å². The fourth-order valence-corrected chi connectivity index (χ4v) is 3.84. The number of halogens is 1. The maximum Gasteiger partial charge on any atom is 0.240 e. The van der Waals surface area contributed by atoms with Gasteiger partial charge in [0.2, 0.25) is 10.0 Å². The first kappa shape index (κ1) is 14.8. The highest BCUT2D eigenvalue weighted by molar-refractivity contribution is 9.10. The van der Waals surface area contributed by atoms with E-state index in [1.54, 1.807) is 13.0 Å². The zero-order valence-corrected chi connectivity index (χ0v) is 13.1. The van der Waals surface area contributed by atoms with Crippen molar-refractivity contribution >= 4 is 31.6 Å². The van der Waals surface area contributed by atoms with Gasteiger partial charge < -0.3 is 10.5 Å². The van der Waals surface area contributed by atoms with Gasteiger partial charge in [-0.1, -0.05) is 0 Å². The van der Waals surface area contributed by atoms with E-state index in [1.807, 2.05) is 0 Å². The van der Waals surface area contributed by atoms with E-state index in [4.69, 9.17) is 10.5 Å². The minimum atomic E-state index is -3.52. The summed E-state index contributed by atoms with van der Waals surface area (Å²) in [6.07, 6.45) is 0.893. The summed E-state index contributed by atoms with van der Waals surface area (Å²) in [7, 11) is -3.52. The van der Waals surface area contributed by atoms with E-state index < -0.39 is 10.0 Å². The van der Waals surface area contributed by atoms with Gasteiger partial charge >= 0.3 is 0 Å². The van der Waals surface area contributed by atoms with E-state index in [0.717, 1.165) is 6.42 Å². The Bertz CT molecular complexity index is 569. The highest BCUT2D eigenvalue weighted by Crippen LogP contribution is 2.26. The highest BCUT2D eigenvalue weighted by atomic mass is 79.9. The van der Waals surface area contributed by atoms with Crippen LogP contribution < -0.4 is 10.5 Å². The first-order valence-corrected chi connectivity index (χ1v) is 8.31. The van der Waals surface area contributed by atoms with Gasteiger partial charge in [0.05, 0.1) is 11.5 Å². The number of rotatable bonds is 4. The number of nitrogen functional groups attached to an aromatic ring is 1. The molecule has 106 valence electrons. The van der Waals surface area contributed by atoms with Crippen molar-refractivity contribution in [3.05, 3.63) is 22.2 Å². The number of aryl methyl sites for hydroxylation is 1. The van der Waals surface area contributed by atoms with E-state index in [1.165, 1.54) is 6.07 Å². The van der Waals surface area contributed by atoms with Gasteiger partial charge in [0.15, 0.2) is 0 Å². The van der Waals surface area contributed by atoms with Crippen molar-refractivity contribution in [1.29, 1.82) is 0 Å². The largest absolute Gasteiger partial charge is 0.398 e. The van der Waals surface area contributed by atoms with Crippen molar-refractivity contribution in [2.24, 2.45) is 5.92 Å². The topological polar surface area (TPSA) is 81.4 Å². The molecule has 0 saturated carbocycles. The molecule has 0 amide bonds. The minimum absolute atomic E-state index is 0.229. The smallest absolute Gasteiger partial charge is 0.240 e. The molecule has 2 rings (SSSR count). The van der Waals surface area contributed by atoms with Crippen LogP contribution in [0.1, 0.15) is 12.0 Å². The zero-order valence-electron chi connectivity index (χ0n) is 10.6. The third-order valence-corrected chi connectivity index (χ3v) is 5.42. The number of benzene rings is 1. The number of nitrogens with one attached hydrogen (secondary N) is 1. The van der Waals surface area contributed by atoms with Crippen LogP contribution in [0.15, 0.2) is 21.5 Å². The number of hydrogen-bond donors (Lipinski definition) is 2. The van der Waals surface area contributed by atoms with Crippen molar-refractivity contribution in [3.63, 3.8) is 0 Å². The van der Waals surface area contributed by atoms with E-state index in [2.05, 4.69) is 20.7 Å². The molecular formula is C12H17BrN2O3S. The molecule has 0 aliphatic carbocycles. The van der Waals surface area contributed by atoms with Gasteiger partial charge in [-0.15, -0.1) is 0 Å². The summed E-state index contributed by atoms with van der Waals surface area (Å²) in [6.45, 7) is 3.47. The molecule has 5 nitrogen and oxygen atoms in total. The fourth-order valence-electron chi connectivity index (χ4n) is 2.01. The van der Waals surface area contributed by atoms with Gasteiger partial charge in [-0.3, -0.25) is 0 Å². The lowest BCUT2D eigenvalue weighted by molar-refractivity contribution is 0.186. The molecule has 19 heavy (non-hydrogen) atoms. The van der Waals surface area contributed by atoms with Crippen molar-refractivity contribution in [3.8, 4) is 0 Å². The second kappa shape index (κ2) is 5.78. The van der Waals surface area contributed by atoms with Gasteiger partial charge in [-0.2, -0.15) is 0 Å². The number of anilines is 1. The Kier molecular flexibility index (Phi) is 4.50. The SMILES string of the molecule is Cc1cc(Br)c(N)cc1S(=O)(=O)NCC1CCOC1. The van der Waals surface area contributed by atoms with Gasteiger partial charge in [0.25, 0.3) is 0 Å². The molecule has 1 atom stereocenters. The molecule has 1 aliphatic rings. The average Bonchev–Trinajstić information content (AvgIpc) is 2.84. The van der Waals surface area contributed by atoms with Crippen molar-refractivity contribution in [1.82, 2.24) is 4.72 Å². The lowest BCUT2D eigenvalue weighted by atomic mass is 10.1. The van der Waals surface area contributed by atoms with Gasteiger partial charge in [0, 0.05) is 23.3 Å². The van der Waals surface area contributed by atoms with Crippen LogP contribution in [0.2, 0.25) is 0 Å². The van der Waals surface area contributed by atoms with Crippen molar-refractivity contribution in [2.75, 3.05) is 25.5 Å². The lowest BCUT2D eigenvalue weighted by Crippen LogP contribution is -2.30. The molecular weight excluding hydrogens is 332 g/mol. The Morgan fingerprint density at radius 1 is 1.53 bits per heavy atom. The number of hydrogen-bond acceptors (Lipinski definition) is 4.